The lowest BCUT2D eigenvalue weighted by Gasteiger charge is -2.07. The normalized spacial score (nSPS) is 10.3. The molecule has 0 aliphatic carbocycles. The van der Waals surface area contributed by atoms with Crippen LogP contribution in [-0.2, 0) is 6.42 Å². The largest absolute Gasteiger partial charge is 0.379 e. The molecule has 0 unspecified atom stereocenters. The van der Waals surface area contributed by atoms with E-state index in [1.807, 2.05) is 0 Å². The number of nitrogens with one attached hydrogen (secondary N) is 1. The molecule has 0 amide bonds. The van der Waals surface area contributed by atoms with Crippen LogP contribution in [0.4, 0.5) is 15.8 Å². The van der Waals surface area contributed by atoms with E-state index in [1.165, 1.54) is 18.2 Å². The van der Waals surface area contributed by atoms with Crippen molar-refractivity contribution >= 4 is 27.3 Å². The second-order valence-corrected chi connectivity index (χ2v) is 5.14. The van der Waals surface area contributed by atoms with Crippen LogP contribution in [0.1, 0.15) is 5.56 Å². The SMILES string of the molecule is O=[N+]([O-])c1cc(Br)ccc1NCCc1ccc(F)cc1. The smallest absolute Gasteiger partial charge is 0.293 e. The van der Waals surface area contributed by atoms with Crippen LogP contribution in [0.3, 0.4) is 0 Å². The minimum Gasteiger partial charge on any atom is -0.379 e. The summed E-state index contributed by atoms with van der Waals surface area (Å²) >= 11 is 3.21. The number of nitro benzene ring substituents is 1. The van der Waals surface area contributed by atoms with E-state index in [4.69, 9.17) is 0 Å². The zero-order chi connectivity index (χ0) is 14.5. The lowest BCUT2D eigenvalue weighted by Crippen LogP contribution is -2.06. The molecule has 0 heterocycles. The maximum absolute atomic E-state index is 12.8. The molecule has 0 aliphatic heterocycles. The summed E-state index contributed by atoms with van der Waals surface area (Å²) in [7, 11) is 0. The van der Waals surface area contributed by atoms with E-state index in [2.05, 4.69) is 21.2 Å². The molecule has 1 N–H and O–H groups in total. The average Bonchev–Trinajstić information content (AvgIpc) is 2.42. The van der Waals surface area contributed by atoms with Gasteiger partial charge in [-0.2, -0.15) is 0 Å². The van der Waals surface area contributed by atoms with E-state index in [-0.39, 0.29) is 11.5 Å². The van der Waals surface area contributed by atoms with Gasteiger partial charge in [0.25, 0.3) is 5.69 Å². The lowest BCUT2D eigenvalue weighted by molar-refractivity contribution is -0.384. The third-order valence-electron chi connectivity index (χ3n) is 2.80. The Balaban J connectivity index is 2.00. The number of anilines is 1. The zero-order valence-electron chi connectivity index (χ0n) is 10.5. The molecule has 2 aromatic rings. The Bertz CT molecular complexity index is 617. The number of benzene rings is 2. The molecule has 2 aromatic carbocycles. The van der Waals surface area contributed by atoms with Crippen molar-refractivity contribution in [3.05, 3.63) is 68.4 Å². The van der Waals surface area contributed by atoms with Gasteiger partial charge < -0.3 is 5.32 Å². The summed E-state index contributed by atoms with van der Waals surface area (Å²) in [6.45, 7) is 0.536. The van der Waals surface area contributed by atoms with Gasteiger partial charge in [0, 0.05) is 17.1 Å². The van der Waals surface area contributed by atoms with Crippen LogP contribution in [0.25, 0.3) is 0 Å². The summed E-state index contributed by atoms with van der Waals surface area (Å²) in [4.78, 5) is 10.5. The third-order valence-corrected chi connectivity index (χ3v) is 3.29. The Kier molecular flexibility index (Phi) is 4.68. The predicted molar refractivity (Wildman–Crippen MR) is 79.4 cm³/mol. The summed E-state index contributed by atoms with van der Waals surface area (Å²) in [5, 5.41) is 14.0. The maximum Gasteiger partial charge on any atom is 0.293 e. The number of hydrogen-bond donors (Lipinski definition) is 1. The third kappa shape index (κ3) is 3.77. The van der Waals surface area contributed by atoms with Crippen molar-refractivity contribution in [3.63, 3.8) is 0 Å². The first-order valence-electron chi connectivity index (χ1n) is 5.98. The van der Waals surface area contributed by atoms with Crippen LogP contribution in [0.5, 0.6) is 0 Å². The molecule has 0 spiro atoms. The Hall–Kier alpha value is -1.95. The van der Waals surface area contributed by atoms with Gasteiger partial charge in [0.2, 0.25) is 0 Å². The van der Waals surface area contributed by atoms with E-state index in [1.54, 1.807) is 24.3 Å². The molecule has 0 bridgehead atoms. The molecular formula is C14H12BrFN2O2. The Morgan fingerprint density at radius 1 is 1.20 bits per heavy atom. The highest BCUT2D eigenvalue weighted by Crippen LogP contribution is 2.27. The Morgan fingerprint density at radius 3 is 2.55 bits per heavy atom. The standard InChI is InChI=1S/C14H12BrFN2O2/c15-11-3-6-13(14(9-11)18(19)20)17-8-7-10-1-4-12(16)5-2-10/h1-6,9,17H,7-8H2. The number of rotatable bonds is 5. The minimum absolute atomic E-state index is 0.0264. The van der Waals surface area contributed by atoms with E-state index in [0.717, 1.165) is 5.56 Å². The fourth-order valence-electron chi connectivity index (χ4n) is 1.80. The van der Waals surface area contributed by atoms with E-state index in [0.29, 0.717) is 23.1 Å². The van der Waals surface area contributed by atoms with Gasteiger partial charge in [-0.1, -0.05) is 28.1 Å². The first kappa shape index (κ1) is 14.5. The van der Waals surface area contributed by atoms with Gasteiger partial charge in [-0.05, 0) is 36.2 Å². The summed E-state index contributed by atoms with van der Waals surface area (Å²) in [5.74, 6) is -0.273. The molecule has 104 valence electrons. The number of nitrogens with zero attached hydrogens (tertiary/aromatic N) is 1. The summed E-state index contributed by atoms with van der Waals surface area (Å²) in [5.41, 5.74) is 1.47. The topological polar surface area (TPSA) is 55.2 Å². The van der Waals surface area contributed by atoms with Crippen LogP contribution in [0, 0.1) is 15.9 Å². The maximum atomic E-state index is 12.8. The summed E-state index contributed by atoms with van der Waals surface area (Å²) in [6.07, 6.45) is 0.660. The van der Waals surface area contributed by atoms with Crippen LogP contribution in [0.2, 0.25) is 0 Å². The number of halogens is 2. The van der Waals surface area contributed by atoms with Gasteiger partial charge in [-0.3, -0.25) is 10.1 Å². The van der Waals surface area contributed by atoms with Crippen molar-refractivity contribution in [1.82, 2.24) is 0 Å². The van der Waals surface area contributed by atoms with Gasteiger partial charge in [-0.25, -0.2) is 4.39 Å². The highest BCUT2D eigenvalue weighted by Gasteiger charge is 2.13. The van der Waals surface area contributed by atoms with Crippen LogP contribution >= 0.6 is 15.9 Å². The van der Waals surface area contributed by atoms with Gasteiger partial charge in [0.1, 0.15) is 11.5 Å². The lowest BCUT2D eigenvalue weighted by atomic mass is 10.1. The van der Waals surface area contributed by atoms with Crippen LogP contribution < -0.4 is 5.32 Å². The highest BCUT2D eigenvalue weighted by molar-refractivity contribution is 9.10. The molecule has 0 saturated carbocycles. The van der Waals surface area contributed by atoms with Crippen molar-refractivity contribution in [1.29, 1.82) is 0 Å². The van der Waals surface area contributed by atoms with E-state index < -0.39 is 4.92 Å². The molecule has 6 heteroatoms. The van der Waals surface area contributed by atoms with E-state index in [9.17, 15) is 14.5 Å². The van der Waals surface area contributed by atoms with Gasteiger partial charge in [0.05, 0.1) is 4.92 Å². The van der Waals surface area contributed by atoms with Crippen molar-refractivity contribution in [3.8, 4) is 0 Å². The summed E-state index contributed by atoms with van der Waals surface area (Å²) < 4.78 is 13.4. The number of nitro groups is 1. The molecule has 0 fully saturated rings. The average molecular weight is 339 g/mol. The minimum atomic E-state index is -0.426. The van der Waals surface area contributed by atoms with Crippen molar-refractivity contribution < 1.29 is 9.31 Å². The van der Waals surface area contributed by atoms with Crippen molar-refractivity contribution in [2.45, 2.75) is 6.42 Å². The monoisotopic (exact) mass is 338 g/mol. The van der Waals surface area contributed by atoms with E-state index >= 15 is 0 Å². The molecule has 0 aromatic heterocycles. The molecule has 2 rings (SSSR count). The quantitative estimate of drug-likeness (QED) is 0.658. The van der Waals surface area contributed by atoms with Crippen LogP contribution in [0.15, 0.2) is 46.9 Å². The van der Waals surface area contributed by atoms with Crippen LogP contribution in [-0.4, -0.2) is 11.5 Å². The van der Waals surface area contributed by atoms with Gasteiger partial charge in [-0.15, -0.1) is 0 Å². The first-order chi connectivity index (χ1) is 9.56. The molecule has 4 nitrogen and oxygen atoms in total. The number of hydrogen-bond acceptors (Lipinski definition) is 3. The summed E-state index contributed by atoms with van der Waals surface area (Å²) in [6, 6.07) is 11.1. The highest BCUT2D eigenvalue weighted by atomic mass is 79.9. The molecule has 0 radical (unpaired) electrons. The molecule has 20 heavy (non-hydrogen) atoms. The second-order valence-electron chi connectivity index (χ2n) is 4.22. The van der Waals surface area contributed by atoms with Crippen molar-refractivity contribution in [2.75, 3.05) is 11.9 Å². The van der Waals surface area contributed by atoms with Gasteiger partial charge in [0.15, 0.2) is 0 Å². The molecule has 0 aliphatic rings. The molecule has 0 atom stereocenters. The fraction of sp³-hybridized carbons (Fsp3) is 0.143. The Labute approximate surface area is 123 Å². The zero-order valence-corrected chi connectivity index (χ0v) is 12.1. The second kappa shape index (κ2) is 6.47. The predicted octanol–water partition coefficient (Wildman–Crippen LogP) is 4.15. The van der Waals surface area contributed by atoms with Crippen molar-refractivity contribution in [2.24, 2.45) is 0 Å². The molecular weight excluding hydrogens is 327 g/mol. The first-order valence-corrected chi connectivity index (χ1v) is 6.78. The molecule has 0 saturated heterocycles. The Morgan fingerprint density at radius 2 is 1.90 bits per heavy atom. The van der Waals surface area contributed by atoms with Gasteiger partial charge >= 0.3 is 0 Å². The fourth-order valence-corrected chi connectivity index (χ4v) is 2.15.